The van der Waals surface area contributed by atoms with Gasteiger partial charge >= 0.3 is 0 Å². The Morgan fingerprint density at radius 2 is 2.05 bits per heavy atom. The highest BCUT2D eigenvalue weighted by molar-refractivity contribution is 5.99. The van der Waals surface area contributed by atoms with Crippen LogP contribution < -0.4 is 16.4 Å². The topological polar surface area (TPSA) is 102 Å². The molecule has 1 heterocycles. The first-order valence-electron chi connectivity index (χ1n) is 6.27. The Balaban J connectivity index is 2.71. The summed E-state index contributed by atoms with van der Waals surface area (Å²) in [7, 11) is 0. The van der Waals surface area contributed by atoms with Crippen LogP contribution in [0.1, 0.15) is 37.0 Å². The fourth-order valence-electron chi connectivity index (χ4n) is 1.68. The number of carbonyl (C=O) groups is 2. The Morgan fingerprint density at radius 3 is 2.58 bits per heavy atom. The van der Waals surface area contributed by atoms with E-state index in [1.54, 1.807) is 6.92 Å². The van der Waals surface area contributed by atoms with Gasteiger partial charge in [-0.15, -0.1) is 0 Å². The van der Waals surface area contributed by atoms with Gasteiger partial charge in [0.25, 0.3) is 5.91 Å². The van der Waals surface area contributed by atoms with Crippen molar-refractivity contribution in [2.75, 3.05) is 12.3 Å². The van der Waals surface area contributed by atoms with Crippen molar-refractivity contribution < 1.29 is 9.59 Å². The van der Waals surface area contributed by atoms with E-state index < -0.39 is 0 Å². The van der Waals surface area contributed by atoms with Gasteiger partial charge in [-0.25, -0.2) is 0 Å². The molecule has 7 heteroatoms. The lowest BCUT2D eigenvalue weighted by Gasteiger charge is -2.10. The molecule has 1 aromatic rings. The predicted molar refractivity (Wildman–Crippen MR) is 72.7 cm³/mol. The van der Waals surface area contributed by atoms with Crippen LogP contribution in [-0.4, -0.2) is 34.2 Å². The average molecular weight is 267 g/mol. The van der Waals surface area contributed by atoms with E-state index in [1.807, 2.05) is 20.8 Å². The van der Waals surface area contributed by atoms with Crippen molar-refractivity contribution in [3.63, 3.8) is 0 Å². The Hall–Kier alpha value is -2.05. The number of nitrogens with one attached hydrogen (secondary N) is 2. The van der Waals surface area contributed by atoms with Gasteiger partial charge < -0.3 is 16.4 Å². The van der Waals surface area contributed by atoms with E-state index in [4.69, 9.17) is 5.73 Å². The molecule has 0 spiro atoms. The van der Waals surface area contributed by atoms with Gasteiger partial charge in [0.15, 0.2) is 0 Å². The van der Waals surface area contributed by atoms with Crippen LogP contribution in [0.15, 0.2) is 0 Å². The molecule has 7 nitrogen and oxygen atoms in total. The summed E-state index contributed by atoms with van der Waals surface area (Å²) in [4.78, 5) is 23.5. The number of aryl methyl sites for hydroxylation is 2. The molecular formula is C12H21N5O2. The van der Waals surface area contributed by atoms with Gasteiger partial charge in [0.2, 0.25) is 5.91 Å². The predicted octanol–water partition coefficient (Wildman–Crippen LogP) is 0.0480. The van der Waals surface area contributed by atoms with E-state index in [2.05, 4.69) is 15.7 Å². The van der Waals surface area contributed by atoms with Crippen molar-refractivity contribution in [1.29, 1.82) is 0 Å². The van der Waals surface area contributed by atoms with Crippen LogP contribution >= 0.6 is 0 Å². The average Bonchev–Trinajstić information content (AvgIpc) is 2.61. The molecule has 0 saturated carbocycles. The van der Waals surface area contributed by atoms with E-state index in [-0.39, 0.29) is 24.4 Å². The summed E-state index contributed by atoms with van der Waals surface area (Å²) in [6.07, 6.45) is 0. The SMILES string of the molecule is CCn1nc(C)c(N)c1C(=O)NCC(=O)NC(C)C. The standard InChI is InChI=1S/C12H21N5O2/c1-5-17-11(10(13)8(4)16-17)12(19)14-6-9(18)15-7(2)3/h7H,5-6,13H2,1-4H3,(H,14,19)(H,15,18). The molecular weight excluding hydrogens is 246 g/mol. The quantitative estimate of drug-likeness (QED) is 0.701. The zero-order valence-electron chi connectivity index (χ0n) is 11.8. The highest BCUT2D eigenvalue weighted by Gasteiger charge is 2.19. The van der Waals surface area contributed by atoms with E-state index in [0.717, 1.165) is 0 Å². The van der Waals surface area contributed by atoms with Crippen LogP contribution in [0.25, 0.3) is 0 Å². The second-order valence-electron chi connectivity index (χ2n) is 4.57. The number of nitrogens with two attached hydrogens (primary N) is 1. The molecule has 1 rings (SSSR count). The molecule has 4 N–H and O–H groups in total. The lowest BCUT2D eigenvalue weighted by Crippen LogP contribution is -2.40. The number of nitrogens with zero attached hydrogens (tertiary/aromatic N) is 2. The first-order chi connectivity index (χ1) is 8.86. The lowest BCUT2D eigenvalue weighted by atomic mass is 10.3. The number of nitrogen functional groups attached to an aromatic ring is 1. The summed E-state index contributed by atoms with van der Waals surface area (Å²) >= 11 is 0. The second kappa shape index (κ2) is 6.21. The van der Waals surface area contributed by atoms with E-state index in [1.165, 1.54) is 4.68 Å². The van der Waals surface area contributed by atoms with Gasteiger partial charge in [0, 0.05) is 12.6 Å². The minimum Gasteiger partial charge on any atom is -0.395 e. The molecule has 0 fully saturated rings. The van der Waals surface area contributed by atoms with Crippen LogP contribution in [0.5, 0.6) is 0 Å². The maximum Gasteiger partial charge on any atom is 0.272 e. The molecule has 0 atom stereocenters. The molecule has 0 bridgehead atoms. The van der Waals surface area contributed by atoms with Crippen LogP contribution in [0.3, 0.4) is 0 Å². The number of hydrogen-bond acceptors (Lipinski definition) is 4. The summed E-state index contributed by atoms with van der Waals surface area (Å²) in [6, 6.07) is 0.0397. The van der Waals surface area contributed by atoms with Crippen LogP contribution in [0.4, 0.5) is 5.69 Å². The number of anilines is 1. The van der Waals surface area contributed by atoms with Crippen molar-refractivity contribution in [2.24, 2.45) is 0 Å². The zero-order valence-corrected chi connectivity index (χ0v) is 11.8. The Labute approximate surface area is 112 Å². The highest BCUT2D eigenvalue weighted by atomic mass is 16.2. The smallest absolute Gasteiger partial charge is 0.272 e. The third kappa shape index (κ3) is 3.70. The van der Waals surface area contributed by atoms with E-state index in [0.29, 0.717) is 23.6 Å². The van der Waals surface area contributed by atoms with Crippen LogP contribution in [0, 0.1) is 6.92 Å². The minimum atomic E-state index is -0.390. The number of carbonyl (C=O) groups excluding carboxylic acids is 2. The van der Waals surface area contributed by atoms with Crippen LogP contribution in [0.2, 0.25) is 0 Å². The maximum absolute atomic E-state index is 12.0. The van der Waals surface area contributed by atoms with Crippen molar-refractivity contribution in [3.8, 4) is 0 Å². The summed E-state index contributed by atoms with van der Waals surface area (Å²) in [5.74, 6) is -0.625. The molecule has 0 unspecified atom stereocenters. The Morgan fingerprint density at radius 1 is 1.42 bits per heavy atom. The summed E-state index contributed by atoms with van der Waals surface area (Å²) < 4.78 is 1.53. The number of aromatic nitrogens is 2. The molecule has 0 aliphatic carbocycles. The van der Waals surface area contributed by atoms with Crippen molar-refractivity contribution in [3.05, 3.63) is 11.4 Å². The largest absolute Gasteiger partial charge is 0.395 e. The molecule has 0 saturated heterocycles. The molecule has 0 aliphatic rings. The van der Waals surface area contributed by atoms with Gasteiger partial charge in [0.1, 0.15) is 5.69 Å². The normalized spacial score (nSPS) is 10.6. The Kier molecular flexibility index (Phi) is 4.91. The Bertz CT molecular complexity index is 479. The molecule has 19 heavy (non-hydrogen) atoms. The van der Waals surface area contributed by atoms with Gasteiger partial charge in [-0.2, -0.15) is 5.10 Å². The third-order valence-electron chi connectivity index (χ3n) is 2.55. The van der Waals surface area contributed by atoms with Gasteiger partial charge in [-0.05, 0) is 27.7 Å². The zero-order chi connectivity index (χ0) is 14.6. The van der Waals surface area contributed by atoms with Crippen molar-refractivity contribution in [2.45, 2.75) is 40.3 Å². The molecule has 2 amide bonds. The van der Waals surface area contributed by atoms with E-state index >= 15 is 0 Å². The molecule has 0 aromatic carbocycles. The second-order valence-corrected chi connectivity index (χ2v) is 4.57. The molecule has 106 valence electrons. The highest BCUT2D eigenvalue weighted by Crippen LogP contribution is 2.15. The molecule has 1 aromatic heterocycles. The fourth-order valence-corrected chi connectivity index (χ4v) is 1.68. The van der Waals surface area contributed by atoms with Gasteiger partial charge in [-0.1, -0.05) is 0 Å². The first kappa shape index (κ1) is 15.0. The lowest BCUT2D eigenvalue weighted by molar-refractivity contribution is -0.120. The van der Waals surface area contributed by atoms with E-state index in [9.17, 15) is 9.59 Å². The summed E-state index contributed by atoms with van der Waals surface area (Å²) in [6.45, 7) is 7.78. The van der Waals surface area contributed by atoms with Gasteiger partial charge in [0.05, 0.1) is 17.9 Å². The maximum atomic E-state index is 12.0. The number of rotatable bonds is 5. The monoisotopic (exact) mass is 267 g/mol. The minimum absolute atomic E-state index is 0.0397. The third-order valence-corrected chi connectivity index (χ3v) is 2.55. The molecule has 0 radical (unpaired) electrons. The van der Waals surface area contributed by atoms with Crippen molar-refractivity contribution in [1.82, 2.24) is 20.4 Å². The summed E-state index contributed by atoms with van der Waals surface area (Å²) in [5.41, 5.74) is 7.09. The fraction of sp³-hybridized carbons (Fsp3) is 0.583. The molecule has 0 aliphatic heterocycles. The number of hydrogen-bond donors (Lipinski definition) is 3. The van der Waals surface area contributed by atoms with Gasteiger partial charge in [-0.3, -0.25) is 14.3 Å². The first-order valence-corrected chi connectivity index (χ1v) is 6.27. The van der Waals surface area contributed by atoms with Crippen LogP contribution in [-0.2, 0) is 11.3 Å². The summed E-state index contributed by atoms with van der Waals surface area (Å²) in [5, 5.41) is 9.39. The van der Waals surface area contributed by atoms with Crippen molar-refractivity contribution >= 4 is 17.5 Å². The number of amides is 2.